The van der Waals surface area contributed by atoms with Crippen LogP contribution in [0, 0.1) is 0 Å². The van der Waals surface area contributed by atoms with Crippen molar-refractivity contribution in [2.24, 2.45) is 0 Å². The first kappa shape index (κ1) is 17.8. The second kappa shape index (κ2) is 7.09. The van der Waals surface area contributed by atoms with E-state index in [4.69, 9.17) is 14.2 Å². The fourth-order valence-electron chi connectivity index (χ4n) is 2.37. The highest BCUT2D eigenvalue weighted by molar-refractivity contribution is 9.10. The van der Waals surface area contributed by atoms with Crippen LogP contribution < -0.4 is 9.47 Å². The van der Waals surface area contributed by atoms with Crippen LogP contribution >= 0.6 is 27.7 Å². The molecule has 2 heterocycles. The third kappa shape index (κ3) is 3.38. The highest BCUT2D eigenvalue weighted by atomic mass is 79.9. The molecule has 2 aliphatic heterocycles. The molecule has 0 saturated carbocycles. The maximum Gasteiger partial charge on any atom is 0.329 e. The lowest BCUT2D eigenvalue weighted by Gasteiger charge is -2.19. The van der Waals surface area contributed by atoms with Gasteiger partial charge in [-0.05, 0) is 49.4 Å². The molecular formula is C16H14BrNO6S. The van der Waals surface area contributed by atoms with Crippen LogP contribution in [0.4, 0.5) is 4.79 Å². The van der Waals surface area contributed by atoms with E-state index in [1.807, 2.05) is 0 Å². The van der Waals surface area contributed by atoms with Crippen molar-refractivity contribution in [2.75, 3.05) is 13.4 Å². The lowest BCUT2D eigenvalue weighted by atomic mass is 10.2. The van der Waals surface area contributed by atoms with Gasteiger partial charge in [-0.3, -0.25) is 14.5 Å². The van der Waals surface area contributed by atoms with E-state index in [1.165, 1.54) is 6.92 Å². The van der Waals surface area contributed by atoms with Gasteiger partial charge in [0.25, 0.3) is 11.1 Å². The number of rotatable bonds is 4. The number of carbonyl (C=O) groups is 3. The Morgan fingerprint density at radius 2 is 2.08 bits per heavy atom. The van der Waals surface area contributed by atoms with Crippen LogP contribution in [0.15, 0.2) is 21.5 Å². The van der Waals surface area contributed by atoms with Gasteiger partial charge in [0.1, 0.15) is 6.04 Å². The Balaban J connectivity index is 1.87. The molecule has 1 unspecified atom stereocenters. The average Bonchev–Trinajstić information content (AvgIpc) is 3.11. The first-order valence-electron chi connectivity index (χ1n) is 7.45. The molecule has 9 heteroatoms. The third-order valence-electron chi connectivity index (χ3n) is 3.62. The maximum absolute atomic E-state index is 12.6. The molecule has 1 aromatic carbocycles. The van der Waals surface area contributed by atoms with E-state index >= 15 is 0 Å². The number of amides is 2. The first-order valence-corrected chi connectivity index (χ1v) is 9.06. The molecule has 0 aliphatic carbocycles. The quantitative estimate of drug-likeness (QED) is 0.538. The first-order chi connectivity index (χ1) is 11.9. The summed E-state index contributed by atoms with van der Waals surface area (Å²) in [6.45, 7) is 3.45. The van der Waals surface area contributed by atoms with E-state index in [-0.39, 0.29) is 18.3 Å². The lowest BCUT2D eigenvalue weighted by Crippen LogP contribution is -2.42. The Labute approximate surface area is 156 Å². The second-order valence-corrected chi connectivity index (χ2v) is 7.05. The zero-order valence-corrected chi connectivity index (χ0v) is 15.8. The number of carbonyl (C=O) groups excluding carboxylic acids is 3. The van der Waals surface area contributed by atoms with Crippen molar-refractivity contribution >= 4 is 50.9 Å². The highest BCUT2D eigenvalue weighted by Crippen LogP contribution is 2.40. The van der Waals surface area contributed by atoms with Crippen LogP contribution in [0.25, 0.3) is 6.08 Å². The summed E-state index contributed by atoms with van der Waals surface area (Å²) < 4.78 is 16.2. The normalized spacial score (nSPS) is 18.8. The summed E-state index contributed by atoms with van der Waals surface area (Å²) in [6.07, 6.45) is 1.58. The molecule has 1 atom stereocenters. The van der Waals surface area contributed by atoms with Crippen molar-refractivity contribution in [3.63, 3.8) is 0 Å². The molecule has 7 nitrogen and oxygen atoms in total. The molecule has 25 heavy (non-hydrogen) atoms. The number of fused-ring (bicyclic) bond motifs is 1. The molecular weight excluding hydrogens is 414 g/mol. The van der Waals surface area contributed by atoms with Gasteiger partial charge >= 0.3 is 5.97 Å². The summed E-state index contributed by atoms with van der Waals surface area (Å²) >= 11 is 4.19. The van der Waals surface area contributed by atoms with Crippen LogP contribution in [-0.4, -0.2) is 41.5 Å². The van der Waals surface area contributed by atoms with E-state index in [9.17, 15) is 14.4 Å². The molecule has 2 aliphatic rings. The molecule has 0 N–H and O–H groups in total. The summed E-state index contributed by atoms with van der Waals surface area (Å²) in [5.41, 5.74) is 0.665. The monoisotopic (exact) mass is 427 g/mol. The predicted molar refractivity (Wildman–Crippen MR) is 94.2 cm³/mol. The summed E-state index contributed by atoms with van der Waals surface area (Å²) in [7, 11) is 0. The fraction of sp³-hybridized carbons (Fsp3) is 0.312. The molecule has 3 rings (SSSR count). The van der Waals surface area contributed by atoms with Gasteiger partial charge in [-0.15, -0.1) is 0 Å². The van der Waals surface area contributed by atoms with Crippen molar-refractivity contribution in [1.29, 1.82) is 0 Å². The summed E-state index contributed by atoms with van der Waals surface area (Å²) in [5, 5.41) is -0.506. The van der Waals surface area contributed by atoms with Crippen molar-refractivity contribution in [2.45, 2.75) is 19.9 Å². The molecule has 0 aromatic heterocycles. The van der Waals surface area contributed by atoms with E-state index in [0.717, 1.165) is 16.7 Å². The van der Waals surface area contributed by atoms with Gasteiger partial charge in [-0.25, -0.2) is 4.79 Å². The molecule has 0 radical (unpaired) electrons. The maximum atomic E-state index is 12.6. The van der Waals surface area contributed by atoms with Gasteiger partial charge in [-0.1, -0.05) is 15.9 Å². The number of ether oxygens (including phenoxy) is 3. The fourth-order valence-corrected chi connectivity index (χ4v) is 3.70. The Kier molecular flexibility index (Phi) is 5.05. The van der Waals surface area contributed by atoms with Gasteiger partial charge < -0.3 is 14.2 Å². The number of nitrogens with zero attached hydrogens (tertiary/aromatic N) is 1. The molecule has 0 spiro atoms. The van der Waals surface area contributed by atoms with Crippen LogP contribution in [0.1, 0.15) is 19.4 Å². The molecule has 0 bridgehead atoms. The van der Waals surface area contributed by atoms with Crippen molar-refractivity contribution < 1.29 is 28.6 Å². The van der Waals surface area contributed by atoms with E-state index in [1.54, 1.807) is 25.1 Å². The molecule has 1 fully saturated rings. The van der Waals surface area contributed by atoms with Crippen LogP contribution in [0.2, 0.25) is 0 Å². The lowest BCUT2D eigenvalue weighted by molar-refractivity contribution is -0.150. The molecule has 2 amide bonds. The summed E-state index contributed by atoms with van der Waals surface area (Å²) in [4.78, 5) is 37.7. The van der Waals surface area contributed by atoms with Crippen molar-refractivity contribution in [3.05, 3.63) is 27.1 Å². The summed E-state index contributed by atoms with van der Waals surface area (Å²) in [5.74, 6) is 0.0251. The number of hydrogen-bond donors (Lipinski definition) is 0. The van der Waals surface area contributed by atoms with Crippen molar-refractivity contribution in [3.8, 4) is 11.5 Å². The minimum Gasteiger partial charge on any atom is -0.464 e. The SMILES string of the molecule is CCOC(=O)C(C)N1C(=O)S/C(=C/c2cc3c(cc2Br)OCO3)C1=O. The third-order valence-corrected chi connectivity index (χ3v) is 5.19. The van der Waals surface area contributed by atoms with Gasteiger partial charge in [0.2, 0.25) is 6.79 Å². The number of halogens is 1. The van der Waals surface area contributed by atoms with E-state index in [2.05, 4.69) is 15.9 Å². The van der Waals surface area contributed by atoms with Gasteiger partial charge in [-0.2, -0.15) is 0 Å². The minimum atomic E-state index is -0.974. The average molecular weight is 428 g/mol. The number of benzene rings is 1. The Hall–Kier alpha value is -2.00. The zero-order chi connectivity index (χ0) is 18.1. The topological polar surface area (TPSA) is 82.1 Å². The second-order valence-electron chi connectivity index (χ2n) is 5.21. The van der Waals surface area contributed by atoms with Crippen LogP contribution in [0.5, 0.6) is 11.5 Å². The van der Waals surface area contributed by atoms with E-state index in [0.29, 0.717) is 21.5 Å². The van der Waals surface area contributed by atoms with Crippen LogP contribution in [-0.2, 0) is 14.3 Å². The van der Waals surface area contributed by atoms with Crippen molar-refractivity contribution in [1.82, 2.24) is 4.90 Å². The highest BCUT2D eigenvalue weighted by Gasteiger charge is 2.41. The number of thioether (sulfide) groups is 1. The number of hydrogen-bond acceptors (Lipinski definition) is 7. The predicted octanol–water partition coefficient (Wildman–Crippen LogP) is 3.17. The smallest absolute Gasteiger partial charge is 0.329 e. The number of esters is 1. The Morgan fingerprint density at radius 3 is 2.76 bits per heavy atom. The number of imide groups is 1. The Bertz CT molecular complexity index is 793. The Morgan fingerprint density at radius 1 is 1.40 bits per heavy atom. The van der Waals surface area contributed by atoms with E-state index < -0.39 is 23.2 Å². The van der Waals surface area contributed by atoms with Gasteiger partial charge in [0.05, 0.1) is 11.5 Å². The summed E-state index contributed by atoms with van der Waals surface area (Å²) in [6, 6.07) is 2.48. The zero-order valence-electron chi connectivity index (χ0n) is 13.4. The van der Waals surface area contributed by atoms with Crippen LogP contribution in [0.3, 0.4) is 0 Å². The molecule has 132 valence electrons. The van der Waals surface area contributed by atoms with Gasteiger partial charge in [0, 0.05) is 4.47 Å². The standard InChI is InChI=1S/C16H14BrNO6S/c1-3-22-15(20)8(2)18-14(19)13(25-16(18)21)5-9-4-11-12(6-10(9)17)24-7-23-11/h4-6,8H,3,7H2,1-2H3/b13-5+. The minimum absolute atomic E-state index is 0.138. The molecule has 1 aromatic rings. The largest absolute Gasteiger partial charge is 0.464 e. The molecule has 1 saturated heterocycles. The van der Waals surface area contributed by atoms with Gasteiger partial charge in [0.15, 0.2) is 11.5 Å².